The Morgan fingerprint density at radius 3 is 2.81 bits per heavy atom. The second kappa shape index (κ2) is 4.71. The van der Waals surface area contributed by atoms with Gasteiger partial charge in [-0.1, -0.05) is 11.8 Å². The maximum atomic E-state index is 5.72. The van der Waals surface area contributed by atoms with Crippen LogP contribution in [0.25, 0.3) is 0 Å². The highest BCUT2D eigenvalue weighted by Crippen LogP contribution is 2.33. The van der Waals surface area contributed by atoms with Gasteiger partial charge in [0, 0.05) is 6.54 Å². The third-order valence-corrected chi connectivity index (χ3v) is 3.22. The predicted octanol–water partition coefficient (Wildman–Crippen LogP) is 1.81. The molecule has 5 nitrogen and oxygen atoms in total. The highest BCUT2D eigenvalue weighted by atomic mass is 32.2. The van der Waals surface area contributed by atoms with Crippen molar-refractivity contribution in [3.05, 3.63) is 29.5 Å². The minimum absolute atomic E-state index is 0.0592. The Morgan fingerprint density at radius 1 is 1.50 bits per heavy atom. The maximum absolute atomic E-state index is 5.72. The van der Waals surface area contributed by atoms with Gasteiger partial charge >= 0.3 is 0 Å². The summed E-state index contributed by atoms with van der Waals surface area (Å²) in [6.45, 7) is 4.27. The lowest BCUT2D eigenvalue weighted by Crippen LogP contribution is -2.08. The Hall–Kier alpha value is -1.27. The van der Waals surface area contributed by atoms with Gasteiger partial charge in [-0.05, 0) is 26.0 Å². The molecule has 3 N–H and O–H groups in total. The predicted molar refractivity (Wildman–Crippen MR) is 62.2 cm³/mol. The number of nitrogens with one attached hydrogen (secondary N) is 1. The van der Waals surface area contributed by atoms with Crippen molar-refractivity contribution < 1.29 is 4.42 Å². The van der Waals surface area contributed by atoms with Crippen molar-refractivity contribution in [1.29, 1.82) is 0 Å². The molecule has 6 heteroatoms. The Labute approximate surface area is 97.8 Å². The van der Waals surface area contributed by atoms with Crippen LogP contribution in [-0.2, 0) is 0 Å². The maximum Gasteiger partial charge on any atom is 0.209 e. The van der Waals surface area contributed by atoms with Gasteiger partial charge < -0.3 is 10.2 Å². The molecule has 2 aromatic heterocycles. The minimum atomic E-state index is 0.0592. The van der Waals surface area contributed by atoms with Crippen LogP contribution in [0.1, 0.15) is 22.6 Å². The number of aryl methyl sites for hydroxylation is 2. The SMILES string of the molecule is Cc1nc(SC(CN)c2ccc(C)o2)n[nH]1. The molecule has 1 unspecified atom stereocenters. The first-order chi connectivity index (χ1) is 7.69. The lowest BCUT2D eigenvalue weighted by molar-refractivity contribution is 0.481. The second-order valence-electron chi connectivity index (χ2n) is 3.49. The molecular weight excluding hydrogens is 224 g/mol. The van der Waals surface area contributed by atoms with Crippen molar-refractivity contribution in [2.24, 2.45) is 5.73 Å². The van der Waals surface area contributed by atoms with Gasteiger partial charge in [-0.15, -0.1) is 5.10 Å². The molecule has 0 aliphatic carbocycles. The molecule has 0 bridgehead atoms. The summed E-state index contributed by atoms with van der Waals surface area (Å²) in [4.78, 5) is 4.23. The first-order valence-corrected chi connectivity index (χ1v) is 5.89. The number of rotatable bonds is 4. The number of hydrogen-bond donors (Lipinski definition) is 2. The highest BCUT2D eigenvalue weighted by Gasteiger charge is 2.17. The zero-order chi connectivity index (χ0) is 11.5. The molecule has 0 aromatic carbocycles. The summed E-state index contributed by atoms with van der Waals surface area (Å²) in [5.74, 6) is 2.56. The molecule has 16 heavy (non-hydrogen) atoms. The summed E-state index contributed by atoms with van der Waals surface area (Å²) < 4.78 is 5.55. The van der Waals surface area contributed by atoms with E-state index in [-0.39, 0.29) is 5.25 Å². The van der Waals surface area contributed by atoms with Crippen molar-refractivity contribution in [3.8, 4) is 0 Å². The van der Waals surface area contributed by atoms with E-state index in [1.807, 2.05) is 26.0 Å². The molecule has 0 spiro atoms. The van der Waals surface area contributed by atoms with E-state index in [1.165, 1.54) is 11.8 Å². The molecular formula is C10H14N4OS. The van der Waals surface area contributed by atoms with E-state index in [9.17, 15) is 0 Å². The summed E-state index contributed by atoms with van der Waals surface area (Å²) in [5.41, 5.74) is 5.72. The number of furan rings is 1. The summed E-state index contributed by atoms with van der Waals surface area (Å²) >= 11 is 1.50. The van der Waals surface area contributed by atoms with E-state index in [2.05, 4.69) is 15.2 Å². The smallest absolute Gasteiger partial charge is 0.209 e. The lowest BCUT2D eigenvalue weighted by atomic mass is 10.3. The third-order valence-electron chi connectivity index (χ3n) is 2.12. The van der Waals surface area contributed by atoms with Crippen LogP contribution in [0.4, 0.5) is 0 Å². The molecule has 0 radical (unpaired) electrons. The van der Waals surface area contributed by atoms with Gasteiger partial charge in [0.2, 0.25) is 5.16 Å². The lowest BCUT2D eigenvalue weighted by Gasteiger charge is -2.08. The van der Waals surface area contributed by atoms with Crippen molar-refractivity contribution in [1.82, 2.24) is 15.2 Å². The molecule has 86 valence electrons. The number of aromatic nitrogens is 3. The molecule has 0 aliphatic rings. The molecule has 0 aliphatic heterocycles. The summed E-state index contributed by atoms with van der Waals surface area (Å²) in [6.07, 6.45) is 0. The Kier molecular flexibility index (Phi) is 3.31. The zero-order valence-corrected chi connectivity index (χ0v) is 10.0. The normalized spacial score (nSPS) is 12.9. The number of nitrogens with zero attached hydrogens (tertiary/aromatic N) is 2. The van der Waals surface area contributed by atoms with Gasteiger partial charge in [-0.2, -0.15) is 0 Å². The molecule has 0 saturated carbocycles. The second-order valence-corrected chi connectivity index (χ2v) is 4.66. The van der Waals surface area contributed by atoms with Gasteiger partial charge in [0.25, 0.3) is 0 Å². The average Bonchev–Trinajstić information content (AvgIpc) is 2.84. The van der Waals surface area contributed by atoms with Gasteiger partial charge in [0.05, 0.1) is 5.25 Å². The van der Waals surface area contributed by atoms with Crippen LogP contribution >= 0.6 is 11.8 Å². The third kappa shape index (κ3) is 2.45. The number of nitrogens with two attached hydrogens (primary N) is 1. The molecule has 2 aromatic rings. The molecule has 2 rings (SSSR count). The van der Waals surface area contributed by atoms with E-state index >= 15 is 0 Å². The number of H-pyrrole nitrogens is 1. The summed E-state index contributed by atoms with van der Waals surface area (Å²) in [5, 5.41) is 7.62. The van der Waals surface area contributed by atoms with E-state index in [0.29, 0.717) is 11.7 Å². The fourth-order valence-electron chi connectivity index (χ4n) is 1.35. The van der Waals surface area contributed by atoms with Gasteiger partial charge in [-0.3, -0.25) is 5.10 Å². The van der Waals surface area contributed by atoms with Gasteiger partial charge in [0.1, 0.15) is 17.3 Å². The van der Waals surface area contributed by atoms with E-state index in [4.69, 9.17) is 10.2 Å². The largest absolute Gasteiger partial charge is 0.465 e. The van der Waals surface area contributed by atoms with Crippen LogP contribution in [0.5, 0.6) is 0 Å². The van der Waals surface area contributed by atoms with Gasteiger partial charge in [-0.25, -0.2) is 4.98 Å². The van der Waals surface area contributed by atoms with E-state index in [1.54, 1.807) is 0 Å². The first-order valence-electron chi connectivity index (χ1n) is 5.01. The quantitative estimate of drug-likeness (QED) is 0.794. The van der Waals surface area contributed by atoms with Crippen LogP contribution in [-0.4, -0.2) is 21.7 Å². The first kappa shape index (κ1) is 11.2. The van der Waals surface area contributed by atoms with Crippen LogP contribution in [0, 0.1) is 13.8 Å². The Bertz CT molecular complexity index is 465. The average molecular weight is 238 g/mol. The molecule has 2 heterocycles. The molecule has 1 atom stereocenters. The fourth-order valence-corrected chi connectivity index (χ4v) is 2.23. The standard InChI is InChI=1S/C10H14N4OS/c1-6-3-4-8(15-6)9(5-11)16-10-12-7(2)13-14-10/h3-4,9H,5,11H2,1-2H3,(H,12,13,14). The Balaban J connectivity index is 2.12. The minimum Gasteiger partial charge on any atom is -0.465 e. The monoisotopic (exact) mass is 238 g/mol. The molecule has 0 fully saturated rings. The zero-order valence-electron chi connectivity index (χ0n) is 9.23. The number of aromatic amines is 1. The Morgan fingerprint density at radius 2 is 2.31 bits per heavy atom. The summed E-state index contributed by atoms with van der Waals surface area (Å²) in [6, 6.07) is 3.88. The van der Waals surface area contributed by atoms with Crippen molar-refractivity contribution in [3.63, 3.8) is 0 Å². The van der Waals surface area contributed by atoms with Crippen molar-refractivity contribution >= 4 is 11.8 Å². The highest BCUT2D eigenvalue weighted by molar-refractivity contribution is 7.99. The fraction of sp³-hybridized carbons (Fsp3) is 0.400. The topological polar surface area (TPSA) is 80.7 Å². The van der Waals surface area contributed by atoms with Crippen molar-refractivity contribution in [2.75, 3.05) is 6.54 Å². The van der Waals surface area contributed by atoms with E-state index < -0.39 is 0 Å². The van der Waals surface area contributed by atoms with Crippen molar-refractivity contribution in [2.45, 2.75) is 24.3 Å². The van der Waals surface area contributed by atoms with Gasteiger partial charge in [0.15, 0.2) is 0 Å². The van der Waals surface area contributed by atoms with E-state index in [0.717, 1.165) is 17.3 Å². The van der Waals surface area contributed by atoms with Crippen LogP contribution in [0.3, 0.4) is 0 Å². The van der Waals surface area contributed by atoms with Crippen LogP contribution in [0.2, 0.25) is 0 Å². The number of hydrogen-bond acceptors (Lipinski definition) is 5. The summed E-state index contributed by atoms with van der Waals surface area (Å²) in [7, 11) is 0. The number of thioether (sulfide) groups is 1. The molecule has 0 amide bonds. The van der Waals surface area contributed by atoms with Crippen LogP contribution in [0.15, 0.2) is 21.7 Å². The molecule has 0 saturated heterocycles. The van der Waals surface area contributed by atoms with Crippen LogP contribution < -0.4 is 5.73 Å².